The lowest BCUT2D eigenvalue weighted by Crippen LogP contribution is -2.18. The van der Waals surface area contributed by atoms with Crippen LogP contribution in [0, 0.1) is 18.7 Å². The fraction of sp³-hybridized carbons (Fsp3) is 0.273. The normalized spacial score (nSPS) is 12.3. The molecule has 3 heterocycles. The zero-order valence-corrected chi connectivity index (χ0v) is 24.8. The number of nitrogens with two attached hydrogens (primary N) is 2. The third-order valence-corrected chi connectivity index (χ3v) is 8.45. The third kappa shape index (κ3) is 6.11. The van der Waals surface area contributed by atoms with Crippen LogP contribution in [0.2, 0.25) is 0 Å². The van der Waals surface area contributed by atoms with Gasteiger partial charge in [0, 0.05) is 10.4 Å². The second-order valence-corrected chi connectivity index (χ2v) is 12.1. The molecule has 9 heteroatoms. The van der Waals surface area contributed by atoms with E-state index < -0.39 is 11.8 Å². The molecule has 4 N–H and O–H groups in total. The van der Waals surface area contributed by atoms with E-state index in [1.165, 1.54) is 42.7 Å². The summed E-state index contributed by atoms with van der Waals surface area (Å²) in [6, 6.07) is 18.3. The van der Waals surface area contributed by atoms with Gasteiger partial charge < -0.3 is 11.5 Å². The van der Waals surface area contributed by atoms with Gasteiger partial charge in [0.15, 0.2) is 5.65 Å². The maximum atomic E-state index is 13.4. The van der Waals surface area contributed by atoms with E-state index in [0.29, 0.717) is 56.3 Å². The fourth-order valence-electron chi connectivity index (χ4n) is 5.47. The van der Waals surface area contributed by atoms with Crippen molar-refractivity contribution < 1.29 is 14.0 Å². The van der Waals surface area contributed by atoms with E-state index in [2.05, 4.69) is 29.4 Å². The lowest BCUT2D eigenvalue weighted by Gasteiger charge is -2.15. The van der Waals surface area contributed by atoms with Crippen LogP contribution in [0.5, 0.6) is 0 Å². The molecule has 1 aliphatic carbocycles. The first-order valence-corrected chi connectivity index (χ1v) is 14.8. The molecule has 2 amide bonds. The number of pyridine rings is 1. The number of benzene rings is 2. The van der Waals surface area contributed by atoms with Crippen LogP contribution in [0.3, 0.4) is 0 Å². The molecule has 42 heavy (non-hydrogen) atoms. The largest absolute Gasteiger partial charge is 0.366 e. The van der Waals surface area contributed by atoms with Crippen LogP contribution >= 0.6 is 11.3 Å². The predicted octanol–water partition coefficient (Wildman–Crippen LogP) is 6.23. The molecule has 0 aliphatic heterocycles. The standard InChI is InChI=1S/C24H24FN5O2S.C9H10/c1-12(2)10-16-20(23(27)32)21(17-8-9-18(33-17)22(26)31)19-13(3)29-30(24(19)28-16)11-14-4-6-15(25)7-5-14;1-2-5-9-7-3-6-8(9)4-1/h4-9,12H,10-11H2,1-3H3,(H2,26,31)(H2,27,32);1-2,4-5H,3,6-7H2. The molecule has 0 unspecified atom stereocenters. The first kappa shape index (κ1) is 29.1. The molecule has 7 nitrogen and oxygen atoms in total. The predicted molar refractivity (Wildman–Crippen MR) is 165 cm³/mol. The Morgan fingerprint density at radius 2 is 1.64 bits per heavy atom. The number of aryl methyl sites for hydroxylation is 3. The SMILES string of the molecule is Cc1nn(Cc2ccc(F)cc2)c2nc(CC(C)C)c(C(N)=O)c(-c3ccc(C(N)=O)s3)c12.c1ccc2c(c1)CCC2. The number of fused-ring (bicyclic) bond motifs is 2. The van der Waals surface area contributed by atoms with Crippen molar-refractivity contribution in [2.45, 2.75) is 53.0 Å². The van der Waals surface area contributed by atoms with E-state index >= 15 is 0 Å². The number of thiophene rings is 1. The molecule has 0 spiro atoms. The smallest absolute Gasteiger partial charge is 0.258 e. The molecule has 0 radical (unpaired) electrons. The Bertz CT molecular complexity index is 1750. The number of primary amides is 2. The van der Waals surface area contributed by atoms with Crippen LogP contribution in [0.1, 0.15) is 68.4 Å². The van der Waals surface area contributed by atoms with Crippen molar-refractivity contribution in [3.8, 4) is 10.4 Å². The van der Waals surface area contributed by atoms with Gasteiger partial charge in [-0.3, -0.25) is 9.59 Å². The fourth-order valence-corrected chi connectivity index (χ4v) is 6.38. The Morgan fingerprint density at radius 1 is 0.976 bits per heavy atom. The van der Waals surface area contributed by atoms with Crippen molar-refractivity contribution in [2.75, 3.05) is 0 Å². The molecule has 0 bridgehead atoms. The highest BCUT2D eigenvalue weighted by atomic mass is 32.1. The first-order chi connectivity index (χ1) is 20.1. The van der Waals surface area contributed by atoms with E-state index in [-0.39, 0.29) is 11.7 Å². The van der Waals surface area contributed by atoms with Crippen molar-refractivity contribution in [3.05, 3.63) is 105 Å². The van der Waals surface area contributed by atoms with Crippen LogP contribution in [-0.4, -0.2) is 26.6 Å². The maximum absolute atomic E-state index is 13.4. The van der Waals surface area contributed by atoms with Crippen LogP contribution in [0.4, 0.5) is 4.39 Å². The monoisotopic (exact) mass is 583 g/mol. The topological polar surface area (TPSA) is 117 Å². The second kappa shape index (κ2) is 12.2. The number of amides is 2. The van der Waals surface area contributed by atoms with Gasteiger partial charge >= 0.3 is 0 Å². The van der Waals surface area contributed by atoms with Crippen LogP contribution in [0.25, 0.3) is 21.5 Å². The van der Waals surface area contributed by atoms with Gasteiger partial charge in [0.2, 0.25) is 0 Å². The molecular weight excluding hydrogens is 549 g/mol. The van der Waals surface area contributed by atoms with Gasteiger partial charge in [-0.2, -0.15) is 5.10 Å². The van der Waals surface area contributed by atoms with Gasteiger partial charge in [-0.25, -0.2) is 14.1 Å². The summed E-state index contributed by atoms with van der Waals surface area (Å²) in [7, 11) is 0. The van der Waals surface area contributed by atoms with Crippen molar-refractivity contribution >= 4 is 34.2 Å². The summed E-state index contributed by atoms with van der Waals surface area (Å²) in [5, 5.41) is 5.37. The third-order valence-electron chi connectivity index (χ3n) is 7.33. The Morgan fingerprint density at radius 3 is 2.21 bits per heavy atom. The Hall–Kier alpha value is -4.37. The van der Waals surface area contributed by atoms with Crippen LogP contribution in [0.15, 0.2) is 60.7 Å². The van der Waals surface area contributed by atoms with Crippen LogP contribution < -0.4 is 11.5 Å². The highest BCUT2D eigenvalue weighted by molar-refractivity contribution is 7.17. The molecule has 1 aliphatic rings. The number of carbonyl (C=O) groups is 2. The second-order valence-electron chi connectivity index (χ2n) is 11.0. The zero-order valence-electron chi connectivity index (χ0n) is 24.0. The highest BCUT2D eigenvalue weighted by Crippen LogP contribution is 2.39. The summed E-state index contributed by atoms with van der Waals surface area (Å²) < 4.78 is 15.1. The number of nitrogens with zero attached hydrogens (tertiary/aromatic N) is 3. The average molecular weight is 584 g/mol. The molecule has 5 aromatic rings. The molecule has 2 aromatic carbocycles. The van der Waals surface area contributed by atoms with Crippen molar-refractivity contribution in [1.82, 2.24) is 14.8 Å². The Kier molecular flexibility index (Phi) is 8.49. The lowest BCUT2D eigenvalue weighted by molar-refractivity contribution is 0.0993. The number of rotatable bonds is 7. The molecule has 0 atom stereocenters. The van der Waals surface area contributed by atoms with E-state index in [1.807, 2.05) is 20.8 Å². The number of aromatic nitrogens is 3. The van der Waals surface area contributed by atoms with E-state index in [4.69, 9.17) is 16.5 Å². The van der Waals surface area contributed by atoms with Gasteiger partial charge in [0.25, 0.3) is 11.8 Å². The highest BCUT2D eigenvalue weighted by Gasteiger charge is 2.26. The quantitative estimate of drug-likeness (QED) is 0.236. The number of carbonyl (C=O) groups excluding carboxylic acids is 2. The van der Waals surface area contributed by atoms with Gasteiger partial charge in [-0.15, -0.1) is 11.3 Å². The number of halogens is 1. The molecular formula is C33H34FN5O2S. The summed E-state index contributed by atoms with van der Waals surface area (Å²) in [6.07, 6.45) is 4.50. The molecule has 6 rings (SSSR count). The zero-order chi connectivity index (χ0) is 30.0. The minimum atomic E-state index is -0.588. The van der Waals surface area contributed by atoms with Gasteiger partial charge in [-0.1, -0.05) is 50.2 Å². The molecule has 3 aromatic heterocycles. The molecule has 216 valence electrons. The minimum Gasteiger partial charge on any atom is -0.366 e. The molecule has 0 saturated carbocycles. The van der Waals surface area contributed by atoms with Gasteiger partial charge in [0.05, 0.1) is 33.8 Å². The number of hydrogen-bond donors (Lipinski definition) is 2. The van der Waals surface area contributed by atoms with E-state index in [1.54, 1.807) is 40.1 Å². The van der Waals surface area contributed by atoms with Crippen LogP contribution in [-0.2, 0) is 25.8 Å². The van der Waals surface area contributed by atoms with E-state index in [9.17, 15) is 14.0 Å². The average Bonchev–Trinajstić information content (AvgIpc) is 3.69. The summed E-state index contributed by atoms with van der Waals surface area (Å²) >= 11 is 1.20. The van der Waals surface area contributed by atoms with Crippen molar-refractivity contribution in [1.29, 1.82) is 0 Å². The van der Waals surface area contributed by atoms with Gasteiger partial charge in [-0.05, 0) is 79.5 Å². The first-order valence-electron chi connectivity index (χ1n) is 14.0. The lowest BCUT2D eigenvalue weighted by atomic mass is 9.95. The summed E-state index contributed by atoms with van der Waals surface area (Å²) in [5.74, 6) is -1.22. The van der Waals surface area contributed by atoms with E-state index in [0.717, 1.165) is 5.56 Å². The molecule has 0 fully saturated rings. The summed E-state index contributed by atoms with van der Waals surface area (Å²) in [5.41, 5.74) is 18.1. The summed E-state index contributed by atoms with van der Waals surface area (Å²) in [6.45, 7) is 6.29. The van der Waals surface area contributed by atoms with Crippen molar-refractivity contribution in [3.63, 3.8) is 0 Å². The van der Waals surface area contributed by atoms with Crippen molar-refractivity contribution in [2.24, 2.45) is 17.4 Å². The number of hydrogen-bond acceptors (Lipinski definition) is 5. The Labute approximate surface area is 248 Å². The minimum absolute atomic E-state index is 0.222. The molecule has 0 saturated heterocycles. The summed E-state index contributed by atoms with van der Waals surface area (Å²) in [4.78, 5) is 30.3. The maximum Gasteiger partial charge on any atom is 0.258 e. The Balaban J connectivity index is 0.000000330. The van der Waals surface area contributed by atoms with Gasteiger partial charge in [0.1, 0.15) is 5.82 Å².